The van der Waals surface area contributed by atoms with Crippen molar-refractivity contribution in [3.63, 3.8) is 0 Å². The average Bonchev–Trinajstić information content (AvgIpc) is 2.15. The van der Waals surface area contributed by atoms with Gasteiger partial charge in [-0.3, -0.25) is 12.7 Å². The zero-order chi connectivity index (χ0) is 13.3. The fourth-order valence-electron chi connectivity index (χ4n) is 1.33. The van der Waals surface area contributed by atoms with E-state index in [1.54, 1.807) is 6.92 Å². The van der Waals surface area contributed by atoms with Gasteiger partial charge in [0.2, 0.25) is 0 Å². The van der Waals surface area contributed by atoms with Gasteiger partial charge in [-0.2, -0.15) is 26.3 Å². The monoisotopic (exact) mass is 253 g/mol. The molecule has 0 aromatic heterocycles. The van der Waals surface area contributed by atoms with Crippen LogP contribution in [-0.2, 0) is 12.4 Å². The van der Waals surface area contributed by atoms with Crippen LogP contribution in [0.4, 0.5) is 26.3 Å². The van der Waals surface area contributed by atoms with Gasteiger partial charge in [-0.05, 0) is 6.07 Å². The SMILES string of the molecule is CC[B-]c1cc(C(F)(F)F)cc(C(F)(F)F)c1. The molecule has 0 saturated heterocycles. The first-order valence-electron chi connectivity index (χ1n) is 4.77. The molecular weight excluding hydrogens is 245 g/mol. The molecule has 94 valence electrons. The van der Waals surface area contributed by atoms with E-state index in [4.69, 9.17) is 0 Å². The van der Waals surface area contributed by atoms with Crippen molar-refractivity contribution in [3.8, 4) is 0 Å². The summed E-state index contributed by atoms with van der Waals surface area (Å²) in [4.78, 5) is 0. The van der Waals surface area contributed by atoms with Crippen molar-refractivity contribution in [2.24, 2.45) is 0 Å². The molecule has 1 aromatic rings. The van der Waals surface area contributed by atoms with Gasteiger partial charge in [-0.1, -0.05) is 12.1 Å². The Hall–Kier alpha value is -1.14. The maximum Gasteiger partial charge on any atom is 0.416 e. The molecule has 0 spiro atoms. The molecule has 0 heterocycles. The summed E-state index contributed by atoms with van der Waals surface area (Å²) in [6.45, 7) is 1.63. The highest BCUT2D eigenvalue weighted by Gasteiger charge is 2.35. The van der Waals surface area contributed by atoms with Crippen molar-refractivity contribution in [1.82, 2.24) is 0 Å². The normalized spacial score (nSPS) is 12.9. The number of benzene rings is 1. The van der Waals surface area contributed by atoms with Crippen LogP contribution in [0.15, 0.2) is 18.2 Å². The van der Waals surface area contributed by atoms with Gasteiger partial charge < -0.3 is 0 Å². The van der Waals surface area contributed by atoms with Crippen LogP contribution in [0.25, 0.3) is 0 Å². The standard InChI is InChI=1S/C10H8BF6/c1-2-11-8-4-6(9(12,13)14)3-7(5-8)10(15,16)17/h3-5H,2H2,1H3/q-1. The lowest BCUT2D eigenvalue weighted by atomic mass is 9.67. The Bertz CT molecular complexity index is 361. The summed E-state index contributed by atoms with van der Waals surface area (Å²) in [5.41, 5.74) is -2.64. The molecule has 7 heteroatoms. The molecule has 0 N–H and O–H groups in total. The Kier molecular flexibility index (Phi) is 3.79. The van der Waals surface area contributed by atoms with Crippen LogP contribution in [-0.4, -0.2) is 7.28 Å². The van der Waals surface area contributed by atoms with E-state index >= 15 is 0 Å². The predicted molar refractivity (Wildman–Crippen MR) is 52.3 cm³/mol. The average molecular weight is 253 g/mol. The van der Waals surface area contributed by atoms with Gasteiger partial charge in [-0.25, -0.2) is 6.32 Å². The Morgan fingerprint density at radius 2 is 1.29 bits per heavy atom. The lowest BCUT2D eigenvalue weighted by Crippen LogP contribution is -2.21. The maximum absolute atomic E-state index is 12.4. The second-order valence-electron chi connectivity index (χ2n) is 3.45. The smallest absolute Gasteiger partial charge is 0.297 e. The van der Waals surface area contributed by atoms with Gasteiger partial charge in [-0.15, -0.1) is 6.92 Å². The van der Waals surface area contributed by atoms with Crippen LogP contribution in [0.1, 0.15) is 18.1 Å². The number of hydrogen-bond acceptors (Lipinski definition) is 0. The van der Waals surface area contributed by atoms with Gasteiger partial charge in [0.25, 0.3) is 0 Å². The van der Waals surface area contributed by atoms with Crippen molar-refractivity contribution in [1.29, 1.82) is 0 Å². The number of alkyl halides is 6. The molecule has 1 aromatic carbocycles. The second-order valence-corrected chi connectivity index (χ2v) is 3.45. The van der Waals surface area contributed by atoms with E-state index in [9.17, 15) is 26.3 Å². The van der Waals surface area contributed by atoms with E-state index in [-0.39, 0.29) is 11.5 Å². The van der Waals surface area contributed by atoms with E-state index in [1.807, 2.05) is 0 Å². The summed E-state index contributed by atoms with van der Waals surface area (Å²) in [7, 11) is 1.31. The largest absolute Gasteiger partial charge is 0.416 e. The molecule has 0 fully saturated rings. The van der Waals surface area contributed by atoms with Crippen molar-refractivity contribution in [3.05, 3.63) is 29.3 Å². The van der Waals surface area contributed by atoms with Gasteiger partial charge >= 0.3 is 12.4 Å². The Morgan fingerprint density at radius 1 is 0.882 bits per heavy atom. The zero-order valence-electron chi connectivity index (χ0n) is 8.78. The van der Waals surface area contributed by atoms with Crippen LogP contribution in [0.5, 0.6) is 0 Å². The summed E-state index contributed by atoms with van der Waals surface area (Å²) < 4.78 is 74.4. The van der Waals surface area contributed by atoms with Crippen molar-refractivity contribution in [2.75, 3.05) is 0 Å². The topological polar surface area (TPSA) is 0 Å². The van der Waals surface area contributed by atoms with E-state index in [0.717, 1.165) is 0 Å². The van der Waals surface area contributed by atoms with Crippen LogP contribution in [0.3, 0.4) is 0 Å². The fraction of sp³-hybridized carbons (Fsp3) is 0.400. The molecule has 0 aliphatic rings. The fourth-order valence-corrected chi connectivity index (χ4v) is 1.33. The third-order valence-electron chi connectivity index (χ3n) is 2.05. The van der Waals surface area contributed by atoms with Gasteiger partial charge in [0.1, 0.15) is 0 Å². The maximum atomic E-state index is 12.4. The lowest BCUT2D eigenvalue weighted by Gasteiger charge is -2.19. The number of hydrogen-bond donors (Lipinski definition) is 0. The Morgan fingerprint density at radius 3 is 1.59 bits per heavy atom. The molecule has 0 atom stereocenters. The minimum atomic E-state index is -4.78. The van der Waals surface area contributed by atoms with E-state index in [1.165, 1.54) is 7.28 Å². The Balaban J connectivity index is 3.29. The highest BCUT2D eigenvalue weighted by molar-refractivity contribution is 6.53. The molecule has 0 saturated carbocycles. The molecule has 0 bridgehead atoms. The summed E-state index contributed by atoms with van der Waals surface area (Å²) in [5.74, 6) is 0. The first kappa shape index (κ1) is 13.9. The predicted octanol–water partition coefficient (Wildman–Crippen LogP) is 3.49. The van der Waals surface area contributed by atoms with Crippen LogP contribution >= 0.6 is 0 Å². The van der Waals surface area contributed by atoms with E-state index < -0.39 is 23.5 Å². The number of rotatable bonds is 2. The van der Waals surface area contributed by atoms with E-state index in [0.29, 0.717) is 18.5 Å². The molecule has 0 nitrogen and oxygen atoms in total. The van der Waals surface area contributed by atoms with Gasteiger partial charge in [0.05, 0.1) is 11.1 Å². The molecule has 2 radical (unpaired) electrons. The third-order valence-corrected chi connectivity index (χ3v) is 2.05. The minimum absolute atomic E-state index is 0.0744. The summed E-state index contributed by atoms with van der Waals surface area (Å²) in [5, 5.41) is 0. The van der Waals surface area contributed by atoms with Crippen molar-refractivity contribution in [2.45, 2.75) is 25.6 Å². The first-order valence-corrected chi connectivity index (χ1v) is 4.77. The highest BCUT2D eigenvalue weighted by atomic mass is 19.4. The van der Waals surface area contributed by atoms with Crippen LogP contribution < -0.4 is 5.46 Å². The molecular formula is C10H8BF6-. The molecule has 0 aliphatic carbocycles. The zero-order valence-corrected chi connectivity index (χ0v) is 8.78. The summed E-state index contributed by atoms with van der Waals surface area (Å²) in [6, 6.07) is 1.53. The molecule has 17 heavy (non-hydrogen) atoms. The first-order chi connectivity index (χ1) is 7.64. The van der Waals surface area contributed by atoms with Gasteiger partial charge in [0, 0.05) is 0 Å². The Labute approximate surface area is 94.9 Å². The summed E-state index contributed by atoms with van der Waals surface area (Å²) >= 11 is 0. The molecule has 0 amide bonds. The third kappa shape index (κ3) is 3.68. The van der Waals surface area contributed by atoms with Gasteiger partial charge in [0.15, 0.2) is 0 Å². The highest BCUT2D eigenvalue weighted by Crippen LogP contribution is 2.34. The van der Waals surface area contributed by atoms with Crippen LogP contribution in [0, 0.1) is 0 Å². The molecule has 0 aliphatic heterocycles. The summed E-state index contributed by atoms with van der Waals surface area (Å²) in [6.07, 6.45) is -9.20. The molecule has 0 unspecified atom stereocenters. The molecule has 1 rings (SSSR count). The number of halogens is 6. The van der Waals surface area contributed by atoms with Crippen LogP contribution in [0.2, 0.25) is 6.32 Å². The lowest BCUT2D eigenvalue weighted by molar-refractivity contribution is -0.142. The van der Waals surface area contributed by atoms with Crippen molar-refractivity contribution >= 4 is 12.7 Å². The van der Waals surface area contributed by atoms with E-state index in [2.05, 4.69) is 0 Å². The minimum Gasteiger partial charge on any atom is -0.297 e. The quantitative estimate of drug-likeness (QED) is 0.559. The van der Waals surface area contributed by atoms with Crippen molar-refractivity contribution < 1.29 is 26.3 Å². The second kappa shape index (κ2) is 4.62.